The number of rotatable bonds is 3. The van der Waals surface area contributed by atoms with Crippen molar-refractivity contribution < 1.29 is 0 Å². The van der Waals surface area contributed by atoms with Crippen LogP contribution in [0.2, 0.25) is 5.02 Å². The Hall–Kier alpha value is -2.34. The third-order valence-corrected chi connectivity index (χ3v) is 5.09. The summed E-state index contributed by atoms with van der Waals surface area (Å²) >= 11 is 6.18. The van der Waals surface area contributed by atoms with Gasteiger partial charge in [0, 0.05) is 42.6 Å². The average Bonchev–Trinajstić information content (AvgIpc) is 3.07. The molecular formula is C18H21ClN6. The second-order valence-corrected chi connectivity index (χ2v) is 6.79. The van der Waals surface area contributed by atoms with Crippen LogP contribution in [0.4, 0.5) is 11.5 Å². The molecule has 1 saturated heterocycles. The number of halogens is 1. The van der Waals surface area contributed by atoms with Crippen LogP contribution in [-0.2, 0) is 6.42 Å². The zero-order valence-corrected chi connectivity index (χ0v) is 15.2. The number of fused-ring (bicyclic) bond motifs is 1. The van der Waals surface area contributed by atoms with Crippen molar-refractivity contribution in [3.63, 3.8) is 0 Å². The number of hydrogen-bond donors (Lipinski definition) is 1. The molecule has 0 bridgehead atoms. The molecule has 4 rings (SSSR count). The van der Waals surface area contributed by atoms with Gasteiger partial charge < -0.3 is 9.80 Å². The van der Waals surface area contributed by atoms with E-state index in [0.29, 0.717) is 0 Å². The van der Waals surface area contributed by atoms with Gasteiger partial charge in [-0.1, -0.05) is 24.6 Å². The summed E-state index contributed by atoms with van der Waals surface area (Å²) in [6, 6.07) is 6.08. The Morgan fingerprint density at radius 1 is 1.12 bits per heavy atom. The lowest BCUT2D eigenvalue weighted by Gasteiger charge is -2.37. The molecule has 1 aliphatic heterocycles. The third kappa shape index (κ3) is 2.91. The van der Waals surface area contributed by atoms with E-state index in [2.05, 4.69) is 55.9 Å². The first kappa shape index (κ1) is 16.1. The van der Waals surface area contributed by atoms with Crippen LogP contribution in [0.5, 0.6) is 0 Å². The highest BCUT2D eigenvalue weighted by atomic mass is 35.5. The predicted octanol–water partition coefficient (Wildman–Crippen LogP) is 3.20. The monoisotopic (exact) mass is 356 g/mol. The number of anilines is 2. The molecule has 6 nitrogen and oxygen atoms in total. The first-order chi connectivity index (χ1) is 12.2. The van der Waals surface area contributed by atoms with Crippen LogP contribution in [0.25, 0.3) is 11.0 Å². The van der Waals surface area contributed by atoms with Crippen molar-refractivity contribution >= 4 is 34.1 Å². The minimum Gasteiger partial charge on any atom is -0.368 e. The van der Waals surface area contributed by atoms with Gasteiger partial charge in [-0.05, 0) is 31.0 Å². The SMILES string of the molecule is CCc1[nH]nc2ncnc(N3CCN(c4cc(Cl)ccc4C)CC3)c12. The van der Waals surface area contributed by atoms with Gasteiger partial charge in [-0.25, -0.2) is 9.97 Å². The highest BCUT2D eigenvalue weighted by Gasteiger charge is 2.23. The Morgan fingerprint density at radius 2 is 1.88 bits per heavy atom. The van der Waals surface area contributed by atoms with E-state index < -0.39 is 0 Å². The molecule has 7 heteroatoms. The number of piperazine rings is 1. The van der Waals surface area contributed by atoms with Crippen molar-refractivity contribution in [3.05, 3.63) is 40.8 Å². The number of aromatic nitrogens is 4. The first-order valence-corrected chi connectivity index (χ1v) is 8.99. The molecule has 1 N–H and O–H groups in total. The average molecular weight is 357 g/mol. The number of aryl methyl sites for hydroxylation is 2. The van der Waals surface area contributed by atoms with Crippen molar-refractivity contribution in [2.24, 2.45) is 0 Å². The van der Waals surface area contributed by atoms with Gasteiger partial charge >= 0.3 is 0 Å². The van der Waals surface area contributed by atoms with Gasteiger partial charge in [0.05, 0.1) is 5.39 Å². The molecule has 25 heavy (non-hydrogen) atoms. The molecule has 0 spiro atoms. The van der Waals surface area contributed by atoms with Gasteiger partial charge in [-0.3, -0.25) is 5.10 Å². The summed E-state index contributed by atoms with van der Waals surface area (Å²) in [7, 11) is 0. The molecule has 0 atom stereocenters. The molecule has 0 amide bonds. The predicted molar refractivity (Wildman–Crippen MR) is 102 cm³/mol. The normalized spacial score (nSPS) is 15.2. The molecule has 130 valence electrons. The molecule has 3 heterocycles. The fraction of sp³-hybridized carbons (Fsp3) is 0.389. The zero-order chi connectivity index (χ0) is 17.4. The van der Waals surface area contributed by atoms with Crippen LogP contribution in [-0.4, -0.2) is 46.3 Å². The quantitative estimate of drug-likeness (QED) is 0.780. The molecule has 1 aliphatic rings. The summed E-state index contributed by atoms with van der Waals surface area (Å²) < 4.78 is 0. The third-order valence-electron chi connectivity index (χ3n) is 4.85. The van der Waals surface area contributed by atoms with E-state index in [1.807, 2.05) is 6.07 Å². The maximum Gasteiger partial charge on any atom is 0.186 e. The van der Waals surface area contributed by atoms with Gasteiger partial charge in [-0.15, -0.1) is 0 Å². The summed E-state index contributed by atoms with van der Waals surface area (Å²) in [5.74, 6) is 0.984. The first-order valence-electron chi connectivity index (χ1n) is 8.61. The molecule has 0 aliphatic carbocycles. The van der Waals surface area contributed by atoms with E-state index in [1.165, 1.54) is 11.3 Å². The molecule has 1 aromatic carbocycles. The van der Waals surface area contributed by atoms with Crippen LogP contribution >= 0.6 is 11.6 Å². The summed E-state index contributed by atoms with van der Waals surface area (Å²) in [5, 5.41) is 9.22. The summed E-state index contributed by atoms with van der Waals surface area (Å²) in [5.41, 5.74) is 4.32. The largest absolute Gasteiger partial charge is 0.368 e. The maximum atomic E-state index is 6.18. The summed E-state index contributed by atoms with van der Waals surface area (Å²) in [4.78, 5) is 13.6. The summed E-state index contributed by atoms with van der Waals surface area (Å²) in [6.45, 7) is 7.94. The minimum absolute atomic E-state index is 0.745. The molecular weight excluding hydrogens is 336 g/mol. The smallest absolute Gasteiger partial charge is 0.186 e. The number of hydrogen-bond acceptors (Lipinski definition) is 5. The van der Waals surface area contributed by atoms with Crippen molar-refractivity contribution in [2.75, 3.05) is 36.0 Å². The standard InChI is InChI=1S/C18H21ClN6/c1-3-14-16-17(23-22-14)20-11-21-18(16)25-8-6-24(7-9-25)15-10-13(19)5-4-12(15)2/h4-5,10-11H,3,6-9H2,1-2H3,(H,20,21,22,23). The highest BCUT2D eigenvalue weighted by Crippen LogP contribution is 2.29. The molecule has 1 fully saturated rings. The van der Waals surface area contributed by atoms with Gasteiger partial charge in [0.2, 0.25) is 0 Å². The van der Waals surface area contributed by atoms with Crippen LogP contribution < -0.4 is 9.80 Å². The van der Waals surface area contributed by atoms with Crippen LogP contribution in [0.15, 0.2) is 24.5 Å². The number of benzene rings is 1. The Kier molecular flexibility index (Phi) is 4.21. The van der Waals surface area contributed by atoms with E-state index in [1.54, 1.807) is 6.33 Å². The fourth-order valence-electron chi connectivity index (χ4n) is 3.48. The van der Waals surface area contributed by atoms with Gasteiger partial charge in [0.25, 0.3) is 0 Å². The van der Waals surface area contributed by atoms with Gasteiger partial charge in [0.1, 0.15) is 12.1 Å². The molecule has 2 aromatic heterocycles. The lowest BCUT2D eigenvalue weighted by atomic mass is 10.1. The molecule has 0 saturated carbocycles. The molecule has 0 radical (unpaired) electrons. The van der Waals surface area contributed by atoms with E-state index in [0.717, 1.165) is 60.2 Å². The lowest BCUT2D eigenvalue weighted by Crippen LogP contribution is -2.47. The number of nitrogens with zero attached hydrogens (tertiary/aromatic N) is 5. The second kappa shape index (κ2) is 6.52. The number of nitrogens with one attached hydrogen (secondary N) is 1. The van der Waals surface area contributed by atoms with Crippen molar-refractivity contribution in [1.82, 2.24) is 20.2 Å². The highest BCUT2D eigenvalue weighted by molar-refractivity contribution is 6.30. The van der Waals surface area contributed by atoms with E-state index in [4.69, 9.17) is 11.6 Å². The Bertz CT molecular complexity index is 898. The van der Waals surface area contributed by atoms with Crippen LogP contribution in [0.3, 0.4) is 0 Å². The van der Waals surface area contributed by atoms with E-state index in [-0.39, 0.29) is 0 Å². The van der Waals surface area contributed by atoms with Crippen LogP contribution in [0, 0.1) is 6.92 Å². The topological polar surface area (TPSA) is 60.9 Å². The minimum atomic E-state index is 0.745. The van der Waals surface area contributed by atoms with Crippen LogP contribution in [0.1, 0.15) is 18.2 Å². The van der Waals surface area contributed by atoms with Crippen molar-refractivity contribution in [2.45, 2.75) is 20.3 Å². The Morgan fingerprint density at radius 3 is 2.64 bits per heavy atom. The Balaban J connectivity index is 1.58. The van der Waals surface area contributed by atoms with Gasteiger partial charge in [0.15, 0.2) is 5.65 Å². The summed E-state index contributed by atoms with van der Waals surface area (Å²) in [6.07, 6.45) is 2.49. The van der Waals surface area contributed by atoms with Crippen molar-refractivity contribution in [1.29, 1.82) is 0 Å². The number of H-pyrrole nitrogens is 1. The molecule has 0 unspecified atom stereocenters. The Labute approximate surface area is 151 Å². The zero-order valence-electron chi connectivity index (χ0n) is 14.5. The van der Waals surface area contributed by atoms with Gasteiger partial charge in [-0.2, -0.15) is 5.10 Å². The maximum absolute atomic E-state index is 6.18. The second-order valence-electron chi connectivity index (χ2n) is 6.36. The number of aromatic amines is 1. The lowest BCUT2D eigenvalue weighted by molar-refractivity contribution is 0.647. The fourth-order valence-corrected chi connectivity index (χ4v) is 3.64. The van der Waals surface area contributed by atoms with E-state index >= 15 is 0 Å². The van der Waals surface area contributed by atoms with E-state index in [9.17, 15) is 0 Å². The van der Waals surface area contributed by atoms with Crippen molar-refractivity contribution in [3.8, 4) is 0 Å². The molecule has 3 aromatic rings.